The maximum atomic E-state index is 12.5. The maximum absolute atomic E-state index is 12.5. The van der Waals surface area contributed by atoms with Crippen molar-refractivity contribution >= 4 is 22.8 Å². The van der Waals surface area contributed by atoms with Gasteiger partial charge < -0.3 is 14.8 Å². The number of carbonyl (C=O) groups excluding carboxylic acids is 2. The van der Waals surface area contributed by atoms with Crippen LogP contribution in [0, 0.1) is 0 Å². The van der Waals surface area contributed by atoms with Crippen molar-refractivity contribution in [2.45, 2.75) is 12.8 Å². The van der Waals surface area contributed by atoms with Crippen LogP contribution >= 0.6 is 0 Å². The summed E-state index contributed by atoms with van der Waals surface area (Å²) in [6.07, 6.45) is 6.09. The summed E-state index contributed by atoms with van der Waals surface area (Å²) in [6.45, 7) is 1.15. The van der Waals surface area contributed by atoms with E-state index in [0.717, 1.165) is 16.6 Å². The van der Waals surface area contributed by atoms with Gasteiger partial charge in [-0.3, -0.25) is 19.7 Å². The molecule has 0 spiro atoms. The number of amides is 2. The van der Waals surface area contributed by atoms with Crippen molar-refractivity contribution < 1.29 is 9.59 Å². The summed E-state index contributed by atoms with van der Waals surface area (Å²) >= 11 is 0. The molecule has 0 aromatic carbocycles. The Bertz CT molecular complexity index is 853. The molecule has 0 aliphatic carbocycles. The van der Waals surface area contributed by atoms with Gasteiger partial charge in [0.05, 0.1) is 23.7 Å². The summed E-state index contributed by atoms with van der Waals surface area (Å²) in [5.41, 5.74) is 3.00. The fourth-order valence-corrected chi connectivity index (χ4v) is 2.73. The van der Waals surface area contributed by atoms with Gasteiger partial charge in [0.2, 0.25) is 5.91 Å². The summed E-state index contributed by atoms with van der Waals surface area (Å²) in [5, 5.41) is 6.53. The van der Waals surface area contributed by atoms with Gasteiger partial charge in [-0.2, -0.15) is 5.10 Å². The molecule has 8 heteroatoms. The van der Waals surface area contributed by atoms with E-state index in [4.69, 9.17) is 0 Å². The molecule has 0 saturated carbocycles. The molecule has 0 aliphatic rings. The van der Waals surface area contributed by atoms with Crippen LogP contribution in [0.1, 0.15) is 22.5 Å². The Kier molecular flexibility index (Phi) is 5.31. The fourth-order valence-electron chi connectivity index (χ4n) is 2.73. The SMILES string of the molecule is CN(CCCN(C)C(=O)c1cc2ncccc2[nH]1)C(=O)Cc1cn[nH]c1. The standard InChI is InChI=1S/C18H22N6O2/c1-23(17(25)9-13-11-20-21-12-13)7-4-8-24(2)18(26)16-10-15-14(22-16)5-3-6-19-15/h3,5-6,10-12,22H,4,7-9H2,1-2H3,(H,20,21). The summed E-state index contributed by atoms with van der Waals surface area (Å²) in [5.74, 6) is -0.0579. The fraction of sp³-hybridized carbons (Fsp3) is 0.333. The lowest BCUT2D eigenvalue weighted by Crippen LogP contribution is -2.33. The normalized spacial score (nSPS) is 10.8. The Labute approximate surface area is 151 Å². The highest BCUT2D eigenvalue weighted by Gasteiger charge is 2.15. The number of hydrogen-bond donors (Lipinski definition) is 2. The number of nitrogens with zero attached hydrogens (tertiary/aromatic N) is 4. The van der Waals surface area contributed by atoms with Gasteiger partial charge in [-0.15, -0.1) is 0 Å². The molecular weight excluding hydrogens is 332 g/mol. The van der Waals surface area contributed by atoms with Gasteiger partial charge in [0.1, 0.15) is 5.69 Å². The van der Waals surface area contributed by atoms with Crippen molar-refractivity contribution in [2.24, 2.45) is 0 Å². The number of nitrogens with one attached hydrogen (secondary N) is 2. The van der Waals surface area contributed by atoms with Crippen molar-refractivity contribution in [1.82, 2.24) is 30.0 Å². The summed E-state index contributed by atoms with van der Waals surface area (Å²) in [4.78, 5) is 35.3. The van der Waals surface area contributed by atoms with Crippen LogP contribution in [0.25, 0.3) is 11.0 Å². The molecule has 0 atom stereocenters. The molecule has 26 heavy (non-hydrogen) atoms. The Morgan fingerprint density at radius 2 is 2.00 bits per heavy atom. The van der Waals surface area contributed by atoms with E-state index in [-0.39, 0.29) is 11.8 Å². The molecule has 0 aliphatic heterocycles. The van der Waals surface area contributed by atoms with Crippen molar-refractivity contribution in [2.75, 3.05) is 27.2 Å². The first-order chi connectivity index (χ1) is 12.5. The second-order valence-corrected chi connectivity index (χ2v) is 6.30. The van der Waals surface area contributed by atoms with E-state index >= 15 is 0 Å². The maximum Gasteiger partial charge on any atom is 0.270 e. The van der Waals surface area contributed by atoms with Gasteiger partial charge in [-0.05, 0) is 30.2 Å². The van der Waals surface area contributed by atoms with Crippen LogP contribution < -0.4 is 0 Å². The molecule has 8 nitrogen and oxygen atoms in total. The minimum atomic E-state index is -0.0876. The molecule has 2 N–H and O–H groups in total. The van der Waals surface area contributed by atoms with Gasteiger partial charge in [-0.1, -0.05) is 0 Å². The first kappa shape index (κ1) is 17.7. The van der Waals surface area contributed by atoms with Gasteiger partial charge >= 0.3 is 0 Å². The second-order valence-electron chi connectivity index (χ2n) is 6.30. The molecule has 0 saturated heterocycles. The van der Waals surface area contributed by atoms with Gasteiger partial charge in [-0.25, -0.2) is 0 Å². The third-order valence-electron chi connectivity index (χ3n) is 4.29. The van der Waals surface area contributed by atoms with E-state index in [0.29, 0.717) is 31.6 Å². The number of aromatic amines is 2. The topological polar surface area (TPSA) is 98.0 Å². The molecule has 3 heterocycles. The van der Waals surface area contributed by atoms with E-state index in [1.807, 2.05) is 12.1 Å². The van der Waals surface area contributed by atoms with Crippen LogP contribution in [-0.2, 0) is 11.2 Å². The Morgan fingerprint density at radius 1 is 1.19 bits per heavy atom. The molecule has 0 unspecified atom stereocenters. The zero-order valence-corrected chi connectivity index (χ0v) is 14.9. The number of rotatable bonds is 7. The third-order valence-corrected chi connectivity index (χ3v) is 4.29. The minimum absolute atomic E-state index is 0.0297. The smallest absolute Gasteiger partial charge is 0.270 e. The first-order valence-corrected chi connectivity index (χ1v) is 8.45. The average molecular weight is 354 g/mol. The summed E-state index contributed by atoms with van der Waals surface area (Å²) in [7, 11) is 3.53. The minimum Gasteiger partial charge on any atom is -0.349 e. The highest BCUT2D eigenvalue weighted by atomic mass is 16.2. The molecule has 0 bridgehead atoms. The van der Waals surface area contributed by atoms with Crippen molar-refractivity contribution in [3.8, 4) is 0 Å². The monoisotopic (exact) mass is 354 g/mol. The Hall–Kier alpha value is -3.16. The summed E-state index contributed by atoms with van der Waals surface area (Å²) in [6, 6.07) is 5.47. The highest BCUT2D eigenvalue weighted by molar-refractivity contribution is 5.96. The van der Waals surface area contributed by atoms with Crippen molar-refractivity contribution in [1.29, 1.82) is 0 Å². The van der Waals surface area contributed by atoms with Gasteiger partial charge in [0, 0.05) is 39.6 Å². The number of aromatic nitrogens is 4. The van der Waals surface area contributed by atoms with Gasteiger partial charge in [0.25, 0.3) is 5.91 Å². The second kappa shape index (κ2) is 7.81. The predicted molar refractivity (Wildman–Crippen MR) is 97.6 cm³/mol. The molecule has 0 radical (unpaired) electrons. The van der Waals surface area contributed by atoms with Crippen LogP contribution in [0.4, 0.5) is 0 Å². The molecule has 3 aromatic heterocycles. The van der Waals surface area contributed by atoms with Crippen LogP contribution in [0.15, 0.2) is 36.8 Å². The zero-order chi connectivity index (χ0) is 18.5. The quantitative estimate of drug-likeness (QED) is 0.671. The molecule has 3 aromatic rings. The zero-order valence-electron chi connectivity index (χ0n) is 14.9. The third kappa shape index (κ3) is 4.08. The van der Waals surface area contributed by atoms with E-state index in [2.05, 4.69) is 20.2 Å². The number of likely N-dealkylation sites (N-methyl/N-ethyl adjacent to an activating group) is 1. The lowest BCUT2D eigenvalue weighted by Gasteiger charge is -2.20. The number of fused-ring (bicyclic) bond motifs is 1. The molecule has 2 amide bonds. The van der Waals surface area contributed by atoms with E-state index < -0.39 is 0 Å². The average Bonchev–Trinajstić information content (AvgIpc) is 3.29. The van der Waals surface area contributed by atoms with E-state index in [1.54, 1.807) is 48.6 Å². The Balaban J connectivity index is 1.47. The first-order valence-electron chi connectivity index (χ1n) is 8.45. The largest absolute Gasteiger partial charge is 0.349 e. The highest BCUT2D eigenvalue weighted by Crippen LogP contribution is 2.13. The van der Waals surface area contributed by atoms with Crippen LogP contribution in [0.2, 0.25) is 0 Å². The number of H-pyrrole nitrogens is 2. The molecule has 136 valence electrons. The predicted octanol–water partition coefficient (Wildman–Crippen LogP) is 1.45. The lowest BCUT2D eigenvalue weighted by molar-refractivity contribution is -0.129. The molecular formula is C18H22N6O2. The summed E-state index contributed by atoms with van der Waals surface area (Å²) < 4.78 is 0. The van der Waals surface area contributed by atoms with Crippen LogP contribution in [0.5, 0.6) is 0 Å². The van der Waals surface area contributed by atoms with Crippen LogP contribution in [-0.4, -0.2) is 69.0 Å². The van der Waals surface area contributed by atoms with Crippen molar-refractivity contribution in [3.63, 3.8) is 0 Å². The van der Waals surface area contributed by atoms with Crippen molar-refractivity contribution in [3.05, 3.63) is 48.0 Å². The molecule has 0 fully saturated rings. The van der Waals surface area contributed by atoms with E-state index in [1.165, 1.54) is 0 Å². The van der Waals surface area contributed by atoms with Gasteiger partial charge in [0.15, 0.2) is 0 Å². The molecule has 3 rings (SSSR count). The number of hydrogen-bond acceptors (Lipinski definition) is 4. The number of pyridine rings is 1. The Morgan fingerprint density at radius 3 is 2.73 bits per heavy atom. The number of carbonyl (C=O) groups is 2. The van der Waals surface area contributed by atoms with Crippen LogP contribution in [0.3, 0.4) is 0 Å². The van der Waals surface area contributed by atoms with E-state index in [9.17, 15) is 9.59 Å². The lowest BCUT2D eigenvalue weighted by atomic mass is 10.2.